The summed E-state index contributed by atoms with van der Waals surface area (Å²) in [5, 5.41) is 12.7. The van der Waals surface area contributed by atoms with Gasteiger partial charge < -0.3 is 0 Å². The summed E-state index contributed by atoms with van der Waals surface area (Å²) in [5.74, 6) is 0. The first-order chi connectivity index (χ1) is 7.27. The second-order valence-electron chi connectivity index (χ2n) is 3.17. The molecule has 0 fully saturated rings. The lowest BCUT2D eigenvalue weighted by Crippen LogP contribution is -1.91. The van der Waals surface area contributed by atoms with Crippen molar-refractivity contribution >= 4 is 16.3 Å². The van der Waals surface area contributed by atoms with Gasteiger partial charge in [0.15, 0.2) is 0 Å². The molecule has 76 valence electrons. The summed E-state index contributed by atoms with van der Waals surface area (Å²) >= 11 is 1.18. The third-order valence-electron chi connectivity index (χ3n) is 2.13. The number of thiophene rings is 1. The van der Waals surface area contributed by atoms with Gasteiger partial charge in [-0.15, -0.1) is 0 Å². The van der Waals surface area contributed by atoms with Gasteiger partial charge in [0.2, 0.25) is 0 Å². The van der Waals surface area contributed by atoms with Gasteiger partial charge >= 0.3 is 5.00 Å². The van der Waals surface area contributed by atoms with Crippen molar-refractivity contribution in [1.29, 1.82) is 0 Å². The topological polar surface area (TPSA) is 43.1 Å². The van der Waals surface area contributed by atoms with E-state index in [4.69, 9.17) is 0 Å². The van der Waals surface area contributed by atoms with Gasteiger partial charge in [-0.1, -0.05) is 41.7 Å². The highest BCUT2D eigenvalue weighted by Gasteiger charge is 2.14. The van der Waals surface area contributed by atoms with E-state index in [0.29, 0.717) is 6.42 Å². The fourth-order valence-electron chi connectivity index (χ4n) is 1.44. The molecule has 0 aliphatic carbocycles. The maximum atomic E-state index is 10.7. The molecular weight excluding hydrogens is 210 g/mol. The first-order valence-corrected chi connectivity index (χ1v) is 5.40. The Bertz CT molecular complexity index is 464. The van der Waals surface area contributed by atoms with Crippen LogP contribution in [0.1, 0.15) is 11.1 Å². The molecule has 3 nitrogen and oxygen atoms in total. The lowest BCUT2D eigenvalue weighted by Gasteiger charge is -1.97. The van der Waals surface area contributed by atoms with Crippen molar-refractivity contribution in [2.75, 3.05) is 0 Å². The van der Waals surface area contributed by atoms with Crippen LogP contribution in [-0.2, 0) is 6.42 Å². The molecule has 0 radical (unpaired) electrons. The van der Waals surface area contributed by atoms with Crippen molar-refractivity contribution < 1.29 is 4.92 Å². The third-order valence-corrected chi connectivity index (χ3v) is 3.03. The van der Waals surface area contributed by atoms with E-state index in [-0.39, 0.29) is 9.92 Å². The first-order valence-electron chi connectivity index (χ1n) is 4.52. The zero-order valence-electron chi connectivity index (χ0n) is 7.92. The Labute approximate surface area is 91.1 Å². The summed E-state index contributed by atoms with van der Waals surface area (Å²) in [6, 6.07) is 11.6. The van der Waals surface area contributed by atoms with Gasteiger partial charge in [-0.3, -0.25) is 10.1 Å². The Hall–Kier alpha value is -1.68. The molecule has 0 amide bonds. The zero-order chi connectivity index (χ0) is 10.7. The predicted octanol–water partition coefficient (Wildman–Crippen LogP) is 3.25. The monoisotopic (exact) mass is 219 g/mol. The summed E-state index contributed by atoms with van der Waals surface area (Å²) in [7, 11) is 0. The second kappa shape index (κ2) is 4.23. The van der Waals surface area contributed by atoms with Gasteiger partial charge in [0, 0.05) is 12.0 Å². The maximum absolute atomic E-state index is 10.7. The fraction of sp³-hybridized carbons (Fsp3) is 0.0909. The fourth-order valence-corrected chi connectivity index (χ4v) is 2.18. The van der Waals surface area contributed by atoms with Crippen molar-refractivity contribution in [2.45, 2.75) is 6.42 Å². The average molecular weight is 219 g/mol. The highest BCUT2D eigenvalue weighted by molar-refractivity contribution is 7.13. The van der Waals surface area contributed by atoms with Crippen LogP contribution in [-0.4, -0.2) is 4.92 Å². The SMILES string of the molecule is O=[N+]([O-])c1sccc1Cc1ccccc1. The van der Waals surface area contributed by atoms with Crippen LogP contribution in [0.2, 0.25) is 0 Å². The van der Waals surface area contributed by atoms with Gasteiger partial charge in [0.05, 0.1) is 4.92 Å². The third kappa shape index (κ3) is 2.22. The molecular formula is C11H9NO2S. The Morgan fingerprint density at radius 2 is 1.93 bits per heavy atom. The molecule has 4 heteroatoms. The Kier molecular flexibility index (Phi) is 2.78. The van der Waals surface area contributed by atoms with Gasteiger partial charge in [-0.2, -0.15) is 0 Å². The Balaban J connectivity index is 2.25. The van der Waals surface area contributed by atoms with Gasteiger partial charge in [0.25, 0.3) is 0 Å². The molecule has 2 rings (SSSR count). The number of hydrogen-bond acceptors (Lipinski definition) is 3. The van der Waals surface area contributed by atoms with E-state index >= 15 is 0 Å². The van der Waals surface area contributed by atoms with E-state index in [0.717, 1.165) is 11.1 Å². The smallest absolute Gasteiger partial charge is 0.258 e. The van der Waals surface area contributed by atoms with Crippen LogP contribution in [0.5, 0.6) is 0 Å². The number of benzene rings is 1. The zero-order valence-corrected chi connectivity index (χ0v) is 8.74. The van der Waals surface area contributed by atoms with E-state index < -0.39 is 0 Å². The molecule has 1 heterocycles. The van der Waals surface area contributed by atoms with E-state index in [9.17, 15) is 10.1 Å². The minimum atomic E-state index is -0.317. The molecule has 0 saturated carbocycles. The molecule has 1 aromatic carbocycles. The average Bonchev–Trinajstić information content (AvgIpc) is 2.67. The van der Waals surface area contributed by atoms with Gasteiger partial charge in [-0.05, 0) is 17.0 Å². The Morgan fingerprint density at radius 1 is 1.20 bits per heavy atom. The Morgan fingerprint density at radius 3 is 2.60 bits per heavy atom. The van der Waals surface area contributed by atoms with E-state index in [1.807, 2.05) is 36.4 Å². The van der Waals surface area contributed by atoms with E-state index in [2.05, 4.69) is 0 Å². The number of nitro groups is 1. The molecule has 0 unspecified atom stereocenters. The van der Waals surface area contributed by atoms with Crippen molar-refractivity contribution in [2.24, 2.45) is 0 Å². The standard InChI is InChI=1S/C11H9NO2S/c13-12(14)11-10(6-7-15-11)8-9-4-2-1-3-5-9/h1-7H,8H2. The molecule has 0 spiro atoms. The molecule has 0 aliphatic rings. The molecule has 15 heavy (non-hydrogen) atoms. The summed E-state index contributed by atoms with van der Waals surface area (Å²) in [6.45, 7) is 0. The predicted molar refractivity (Wildman–Crippen MR) is 60.2 cm³/mol. The van der Waals surface area contributed by atoms with Crippen LogP contribution in [0.4, 0.5) is 5.00 Å². The highest BCUT2D eigenvalue weighted by Crippen LogP contribution is 2.27. The number of hydrogen-bond donors (Lipinski definition) is 0. The molecule has 2 aromatic rings. The summed E-state index contributed by atoms with van der Waals surface area (Å²) in [4.78, 5) is 10.4. The van der Waals surface area contributed by atoms with Crippen molar-refractivity contribution in [1.82, 2.24) is 0 Å². The van der Waals surface area contributed by atoms with E-state index in [1.54, 1.807) is 5.38 Å². The maximum Gasteiger partial charge on any atom is 0.327 e. The van der Waals surface area contributed by atoms with Crippen LogP contribution in [0, 0.1) is 10.1 Å². The molecule has 0 saturated heterocycles. The lowest BCUT2D eigenvalue weighted by atomic mass is 10.1. The largest absolute Gasteiger partial charge is 0.327 e. The van der Waals surface area contributed by atoms with Gasteiger partial charge in [-0.25, -0.2) is 0 Å². The van der Waals surface area contributed by atoms with Crippen molar-refractivity contribution in [3.8, 4) is 0 Å². The van der Waals surface area contributed by atoms with Crippen molar-refractivity contribution in [3.05, 3.63) is 63.0 Å². The minimum Gasteiger partial charge on any atom is -0.258 e. The molecule has 0 bridgehead atoms. The summed E-state index contributed by atoms with van der Waals surface area (Å²) in [5.41, 5.74) is 1.88. The highest BCUT2D eigenvalue weighted by atomic mass is 32.1. The van der Waals surface area contributed by atoms with Gasteiger partial charge in [0.1, 0.15) is 0 Å². The molecule has 1 aromatic heterocycles. The second-order valence-corrected chi connectivity index (χ2v) is 4.07. The number of rotatable bonds is 3. The van der Waals surface area contributed by atoms with E-state index in [1.165, 1.54) is 11.3 Å². The minimum absolute atomic E-state index is 0.249. The number of nitrogens with zero attached hydrogens (tertiary/aromatic N) is 1. The lowest BCUT2D eigenvalue weighted by molar-refractivity contribution is -0.380. The molecule has 0 atom stereocenters. The van der Waals surface area contributed by atoms with Crippen LogP contribution in [0.25, 0.3) is 0 Å². The quantitative estimate of drug-likeness (QED) is 0.587. The molecule has 0 aliphatic heterocycles. The van der Waals surface area contributed by atoms with Crippen LogP contribution in [0.15, 0.2) is 41.8 Å². The van der Waals surface area contributed by atoms with Crippen molar-refractivity contribution in [3.63, 3.8) is 0 Å². The first kappa shape index (κ1) is 9.86. The van der Waals surface area contributed by atoms with Crippen LogP contribution in [0.3, 0.4) is 0 Å². The summed E-state index contributed by atoms with van der Waals surface area (Å²) < 4.78 is 0. The van der Waals surface area contributed by atoms with Crippen LogP contribution >= 0.6 is 11.3 Å². The summed E-state index contributed by atoms with van der Waals surface area (Å²) in [6.07, 6.45) is 0.626. The normalized spacial score (nSPS) is 10.1. The van der Waals surface area contributed by atoms with Crippen LogP contribution < -0.4 is 0 Å². The molecule has 0 N–H and O–H groups in total.